The van der Waals surface area contributed by atoms with Crippen molar-refractivity contribution < 1.29 is 9.53 Å². The van der Waals surface area contributed by atoms with Crippen LogP contribution in [0.25, 0.3) is 0 Å². The second-order valence-electron chi connectivity index (χ2n) is 6.75. The number of carbonyl (C=O) groups is 1. The molecule has 2 heterocycles. The van der Waals surface area contributed by atoms with Crippen LogP contribution in [0, 0.1) is 6.92 Å². The van der Waals surface area contributed by atoms with E-state index in [2.05, 4.69) is 25.1 Å². The summed E-state index contributed by atoms with van der Waals surface area (Å²) in [6, 6.07) is 15.6. The molecule has 0 saturated heterocycles. The maximum atomic E-state index is 13.1. The highest BCUT2D eigenvalue weighted by atomic mass is 35.5. The molecule has 5 heteroatoms. The summed E-state index contributed by atoms with van der Waals surface area (Å²) in [5, 5.41) is 2.67. The van der Waals surface area contributed by atoms with Gasteiger partial charge in [0.1, 0.15) is 12.4 Å². The predicted octanol–water partition coefficient (Wildman–Crippen LogP) is 5.88. The van der Waals surface area contributed by atoms with Crippen LogP contribution in [0.4, 0.5) is 5.69 Å². The van der Waals surface area contributed by atoms with Crippen LogP contribution in [0.3, 0.4) is 0 Å². The summed E-state index contributed by atoms with van der Waals surface area (Å²) in [4.78, 5) is 15.7. The van der Waals surface area contributed by atoms with Crippen molar-refractivity contribution in [3.63, 3.8) is 0 Å². The molecule has 0 spiro atoms. The average Bonchev–Trinajstić information content (AvgIpc) is 3.15. The minimum absolute atomic E-state index is 0.0718. The van der Waals surface area contributed by atoms with E-state index in [0.717, 1.165) is 41.3 Å². The van der Waals surface area contributed by atoms with Gasteiger partial charge in [-0.2, -0.15) is 0 Å². The number of aryl methyl sites for hydroxylation is 2. The first-order valence-corrected chi connectivity index (χ1v) is 10.2. The van der Waals surface area contributed by atoms with Gasteiger partial charge in [0.15, 0.2) is 0 Å². The lowest BCUT2D eigenvalue weighted by molar-refractivity contribution is 0.0989. The Morgan fingerprint density at radius 3 is 2.81 bits per heavy atom. The first-order chi connectivity index (χ1) is 13.1. The van der Waals surface area contributed by atoms with Gasteiger partial charge in [-0.1, -0.05) is 29.3 Å². The SMILES string of the molecule is Cc1ccc2c(c1)CCCN2C(=O)c1cc(COc2ccc(Cl)cc2)cs1. The molecule has 0 unspecified atom stereocenters. The molecule has 0 bridgehead atoms. The van der Waals surface area contributed by atoms with Gasteiger partial charge in [-0.25, -0.2) is 0 Å². The highest BCUT2D eigenvalue weighted by Crippen LogP contribution is 2.30. The molecule has 3 aromatic rings. The summed E-state index contributed by atoms with van der Waals surface area (Å²) < 4.78 is 5.78. The van der Waals surface area contributed by atoms with Crippen LogP contribution in [0.1, 0.15) is 32.8 Å². The third-order valence-electron chi connectivity index (χ3n) is 4.68. The number of benzene rings is 2. The molecular formula is C22H20ClNO2S. The number of hydrogen-bond donors (Lipinski definition) is 0. The van der Waals surface area contributed by atoms with Gasteiger partial charge < -0.3 is 9.64 Å². The number of amides is 1. The van der Waals surface area contributed by atoms with E-state index in [1.54, 1.807) is 12.1 Å². The van der Waals surface area contributed by atoms with E-state index in [1.165, 1.54) is 22.5 Å². The second kappa shape index (κ2) is 7.75. The van der Waals surface area contributed by atoms with Gasteiger partial charge in [0.2, 0.25) is 0 Å². The van der Waals surface area contributed by atoms with E-state index in [1.807, 2.05) is 28.5 Å². The molecule has 4 rings (SSSR count). The number of nitrogens with zero attached hydrogens (tertiary/aromatic N) is 1. The van der Waals surface area contributed by atoms with Crippen LogP contribution in [0.15, 0.2) is 53.9 Å². The van der Waals surface area contributed by atoms with E-state index in [0.29, 0.717) is 11.6 Å². The lowest BCUT2D eigenvalue weighted by Crippen LogP contribution is -2.35. The molecule has 27 heavy (non-hydrogen) atoms. The highest BCUT2D eigenvalue weighted by Gasteiger charge is 2.24. The third kappa shape index (κ3) is 4.02. The Kier molecular flexibility index (Phi) is 5.19. The molecular weight excluding hydrogens is 378 g/mol. The van der Waals surface area contributed by atoms with E-state index >= 15 is 0 Å². The lowest BCUT2D eigenvalue weighted by atomic mass is 9.99. The predicted molar refractivity (Wildman–Crippen MR) is 111 cm³/mol. The van der Waals surface area contributed by atoms with Crippen LogP contribution in [-0.4, -0.2) is 12.5 Å². The first kappa shape index (κ1) is 18.1. The number of rotatable bonds is 4. The lowest BCUT2D eigenvalue weighted by Gasteiger charge is -2.29. The topological polar surface area (TPSA) is 29.5 Å². The molecule has 2 aromatic carbocycles. The fourth-order valence-electron chi connectivity index (χ4n) is 3.33. The molecule has 1 aliphatic heterocycles. The van der Waals surface area contributed by atoms with Crippen molar-refractivity contribution in [2.45, 2.75) is 26.4 Å². The molecule has 3 nitrogen and oxygen atoms in total. The molecule has 0 fully saturated rings. The van der Waals surface area contributed by atoms with Crippen molar-refractivity contribution in [2.24, 2.45) is 0 Å². The third-order valence-corrected chi connectivity index (χ3v) is 5.90. The molecule has 1 aromatic heterocycles. The normalized spacial score (nSPS) is 13.3. The average molecular weight is 398 g/mol. The van der Waals surface area contributed by atoms with Gasteiger partial charge in [-0.15, -0.1) is 11.3 Å². The van der Waals surface area contributed by atoms with Gasteiger partial charge in [0, 0.05) is 22.8 Å². The van der Waals surface area contributed by atoms with Crippen LogP contribution in [0.2, 0.25) is 5.02 Å². The van der Waals surface area contributed by atoms with Gasteiger partial charge in [0.05, 0.1) is 4.88 Å². The highest BCUT2D eigenvalue weighted by molar-refractivity contribution is 7.12. The molecule has 0 N–H and O–H groups in total. The van der Waals surface area contributed by atoms with E-state index in [-0.39, 0.29) is 5.91 Å². The Morgan fingerprint density at radius 2 is 2.00 bits per heavy atom. The Hall–Kier alpha value is -2.30. The standard InChI is InChI=1S/C22H20ClNO2S/c1-15-4-9-20-17(11-15)3-2-10-24(20)22(25)21-12-16(14-27-21)13-26-19-7-5-18(23)6-8-19/h4-9,11-12,14H,2-3,10,13H2,1H3. The van der Waals surface area contributed by atoms with E-state index < -0.39 is 0 Å². The van der Waals surface area contributed by atoms with Crippen LogP contribution < -0.4 is 9.64 Å². The molecule has 0 aliphatic carbocycles. The van der Waals surface area contributed by atoms with Crippen LogP contribution >= 0.6 is 22.9 Å². The summed E-state index contributed by atoms with van der Waals surface area (Å²) in [6.07, 6.45) is 2.03. The van der Waals surface area contributed by atoms with Crippen molar-refractivity contribution in [1.29, 1.82) is 0 Å². The first-order valence-electron chi connectivity index (χ1n) is 8.97. The number of thiophene rings is 1. The zero-order chi connectivity index (χ0) is 18.8. The number of ether oxygens (including phenoxy) is 1. The summed E-state index contributed by atoms with van der Waals surface area (Å²) >= 11 is 7.36. The largest absolute Gasteiger partial charge is 0.489 e. The molecule has 138 valence electrons. The summed E-state index contributed by atoms with van der Waals surface area (Å²) in [5.41, 5.74) is 4.54. The second-order valence-corrected chi connectivity index (χ2v) is 8.10. The minimum Gasteiger partial charge on any atom is -0.489 e. The van der Waals surface area contributed by atoms with Gasteiger partial charge in [-0.05, 0) is 67.1 Å². The van der Waals surface area contributed by atoms with Gasteiger partial charge in [-0.3, -0.25) is 4.79 Å². The zero-order valence-electron chi connectivity index (χ0n) is 15.1. The van der Waals surface area contributed by atoms with Gasteiger partial charge in [0.25, 0.3) is 5.91 Å². The fourth-order valence-corrected chi connectivity index (χ4v) is 4.30. The summed E-state index contributed by atoms with van der Waals surface area (Å²) in [5.74, 6) is 0.835. The number of hydrogen-bond acceptors (Lipinski definition) is 3. The minimum atomic E-state index is 0.0718. The fraction of sp³-hybridized carbons (Fsp3) is 0.227. The summed E-state index contributed by atoms with van der Waals surface area (Å²) in [7, 11) is 0. The number of halogens is 1. The maximum Gasteiger partial charge on any atom is 0.268 e. The number of carbonyl (C=O) groups excluding carboxylic acids is 1. The van der Waals surface area contributed by atoms with Crippen molar-refractivity contribution in [3.8, 4) is 5.75 Å². The van der Waals surface area contributed by atoms with Crippen molar-refractivity contribution in [1.82, 2.24) is 0 Å². The summed E-state index contributed by atoms with van der Waals surface area (Å²) in [6.45, 7) is 3.29. The van der Waals surface area contributed by atoms with Gasteiger partial charge >= 0.3 is 0 Å². The van der Waals surface area contributed by atoms with Crippen molar-refractivity contribution in [2.75, 3.05) is 11.4 Å². The Labute approximate surface area is 168 Å². The Balaban J connectivity index is 1.47. The molecule has 1 amide bonds. The van der Waals surface area contributed by atoms with Crippen molar-refractivity contribution >= 4 is 34.5 Å². The quantitative estimate of drug-likeness (QED) is 0.550. The maximum absolute atomic E-state index is 13.1. The molecule has 0 atom stereocenters. The van der Waals surface area contributed by atoms with Crippen LogP contribution in [0.5, 0.6) is 5.75 Å². The molecule has 0 radical (unpaired) electrons. The molecule has 1 aliphatic rings. The van der Waals surface area contributed by atoms with Crippen LogP contribution in [-0.2, 0) is 13.0 Å². The smallest absolute Gasteiger partial charge is 0.268 e. The zero-order valence-corrected chi connectivity index (χ0v) is 16.6. The van der Waals surface area contributed by atoms with E-state index in [9.17, 15) is 4.79 Å². The Bertz CT molecular complexity index is 965. The molecule has 0 saturated carbocycles. The monoisotopic (exact) mass is 397 g/mol. The Morgan fingerprint density at radius 1 is 1.19 bits per heavy atom. The number of anilines is 1. The number of fused-ring (bicyclic) bond motifs is 1. The van der Waals surface area contributed by atoms with E-state index in [4.69, 9.17) is 16.3 Å². The van der Waals surface area contributed by atoms with Crippen molar-refractivity contribution in [3.05, 3.63) is 80.5 Å².